The quantitative estimate of drug-likeness (QED) is 0.0373. The van der Waals surface area contributed by atoms with Crippen LogP contribution in [0.25, 0.3) is 0 Å². The van der Waals surface area contributed by atoms with Gasteiger partial charge in [-0.15, -0.1) is 0 Å². The summed E-state index contributed by atoms with van der Waals surface area (Å²) >= 11 is 0. The van der Waals surface area contributed by atoms with E-state index in [1.165, 1.54) is 77.0 Å². The molecule has 0 aliphatic rings. The molecule has 0 heterocycles. The van der Waals surface area contributed by atoms with Crippen LogP contribution in [-0.2, 0) is 46.4 Å². The van der Waals surface area contributed by atoms with Gasteiger partial charge in [-0.1, -0.05) is 190 Å². The molecule has 0 aliphatic carbocycles. The molecule has 0 aliphatic heterocycles. The van der Waals surface area contributed by atoms with Crippen LogP contribution in [0.5, 0.6) is 0 Å². The van der Waals surface area contributed by atoms with Crippen molar-refractivity contribution >= 4 is 0 Å². The summed E-state index contributed by atoms with van der Waals surface area (Å²) in [6.07, 6.45) is 37.9. The maximum absolute atomic E-state index is 6.55. The number of ether oxygens (including phenoxy) is 7. The maximum atomic E-state index is 6.55. The Bertz CT molecular complexity index is 1150. The Morgan fingerprint density at radius 3 is 1.02 bits per heavy atom. The Labute approximate surface area is 387 Å². The monoisotopic (exact) mass is 879 g/mol. The minimum atomic E-state index is -0.516. The van der Waals surface area contributed by atoms with Gasteiger partial charge in [-0.05, 0) is 100 Å². The van der Waals surface area contributed by atoms with Gasteiger partial charge in [0.1, 0.15) is 0 Å². The topological polar surface area (TPSA) is 64.6 Å². The van der Waals surface area contributed by atoms with Crippen LogP contribution in [0.3, 0.4) is 0 Å². The largest absolute Gasteiger partial charge is 0.353 e. The molecule has 0 bridgehead atoms. The second-order valence-electron chi connectivity index (χ2n) is 17.2. The van der Waals surface area contributed by atoms with Gasteiger partial charge in [-0.3, -0.25) is 0 Å². The molecule has 0 saturated heterocycles. The van der Waals surface area contributed by atoms with Gasteiger partial charge in [0, 0.05) is 26.4 Å². The van der Waals surface area contributed by atoms with Crippen molar-refractivity contribution in [3.8, 4) is 0 Å². The lowest BCUT2D eigenvalue weighted by Crippen LogP contribution is -2.24. The van der Waals surface area contributed by atoms with Crippen molar-refractivity contribution in [2.24, 2.45) is 0 Å². The molecule has 7 nitrogen and oxygen atoms in total. The first-order chi connectivity index (χ1) is 31.2. The van der Waals surface area contributed by atoms with E-state index in [0.717, 1.165) is 127 Å². The van der Waals surface area contributed by atoms with Gasteiger partial charge in [0.05, 0.1) is 13.2 Å². The lowest BCUT2D eigenvalue weighted by Gasteiger charge is -2.22. The number of benzene rings is 2. The van der Waals surface area contributed by atoms with E-state index in [4.69, 9.17) is 33.2 Å². The molecular weight excluding hydrogens is 785 g/mol. The molecular formula is C56H94O7. The Hall–Kier alpha value is -2.36. The number of hydrogen-bond donors (Lipinski definition) is 0. The number of hydrogen-bond acceptors (Lipinski definition) is 7. The van der Waals surface area contributed by atoms with Crippen LogP contribution in [0, 0.1) is 0 Å². The molecule has 0 saturated carbocycles. The van der Waals surface area contributed by atoms with Gasteiger partial charge in [-0.2, -0.15) is 0 Å². The first kappa shape index (κ1) is 56.8. The normalized spacial score (nSPS) is 13.0. The zero-order valence-electron chi connectivity index (χ0n) is 40.9. The minimum Gasteiger partial charge on any atom is -0.353 e. The number of allylic oxidation sites excluding steroid dienone is 2. The highest BCUT2D eigenvalue weighted by atomic mass is 16.8. The van der Waals surface area contributed by atoms with Crippen molar-refractivity contribution in [2.45, 2.75) is 233 Å². The first-order valence-corrected chi connectivity index (χ1v) is 25.9. The van der Waals surface area contributed by atoms with E-state index < -0.39 is 12.6 Å². The highest BCUT2D eigenvalue weighted by Gasteiger charge is 2.15. The van der Waals surface area contributed by atoms with E-state index in [-0.39, 0.29) is 12.6 Å². The van der Waals surface area contributed by atoms with Gasteiger partial charge < -0.3 is 33.2 Å². The predicted molar refractivity (Wildman–Crippen MR) is 264 cm³/mol. The lowest BCUT2D eigenvalue weighted by atomic mass is 10.1. The van der Waals surface area contributed by atoms with Crippen LogP contribution in [0.4, 0.5) is 0 Å². The second-order valence-corrected chi connectivity index (χ2v) is 17.2. The minimum absolute atomic E-state index is 0.0294. The molecule has 0 spiro atoms. The van der Waals surface area contributed by atoms with Gasteiger partial charge in [0.25, 0.3) is 0 Å². The molecule has 0 radical (unpaired) electrons. The van der Waals surface area contributed by atoms with E-state index in [1.54, 1.807) is 0 Å². The van der Waals surface area contributed by atoms with Crippen LogP contribution in [-0.4, -0.2) is 51.6 Å². The smallest absolute Gasteiger partial charge is 0.180 e. The molecule has 0 aromatic heterocycles. The van der Waals surface area contributed by atoms with Gasteiger partial charge in [0.15, 0.2) is 25.2 Å². The summed E-state index contributed by atoms with van der Waals surface area (Å²) in [5.74, 6) is 0. The average molecular weight is 879 g/mol. The van der Waals surface area contributed by atoms with Gasteiger partial charge in [-0.25, -0.2) is 0 Å². The Morgan fingerprint density at radius 2 is 0.683 bits per heavy atom. The fourth-order valence-corrected chi connectivity index (χ4v) is 7.11. The molecule has 360 valence electrons. The van der Waals surface area contributed by atoms with Crippen molar-refractivity contribution in [1.82, 2.24) is 0 Å². The van der Waals surface area contributed by atoms with Crippen LogP contribution in [0.15, 0.2) is 85.0 Å². The first-order valence-electron chi connectivity index (χ1n) is 25.9. The Morgan fingerprint density at radius 1 is 0.365 bits per heavy atom. The van der Waals surface area contributed by atoms with E-state index in [2.05, 4.69) is 76.3 Å². The van der Waals surface area contributed by atoms with E-state index in [1.807, 2.05) is 36.4 Å². The van der Waals surface area contributed by atoms with Crippen molar-refractivity contribution in [3.63, 3.8) is 0 Å². The lowest BCUT2D eigenvalue weighted by molar-refractivity contribution is -0.215. The summed E-state index contributed by atoms with van der Waals surface area (Å²) in [5.41, 5.74) is 2.25. The van der Waals surface area contributed by atoms with Crippen molar-refractivity contribution in [3.05, 3.63) is 96.1 Å². The van der Waals surface area contributed by atoms with Crippen LogP contribution in [0.1, 0.15) is 206 Å². The molecule has 2 aromatic carbocycles. The molecule has 63 heavy (non-hydrogen) atoms. The van der Waals surface area contributed by atoms with Crippen LogP contribution >= 0.6 is 0 Å². The Kier molecular flexibility index (Phi) is 39.2. The van der Waals surface area contributed by atoms with Gasteiger partial charge in [0.2, 0.25) is 0 Å². The van der Waals surface area contributed by atoms with Crippen molar-refractivity contribution in [1.29, 1.82) is 0 Å². The molecule has 0 amide bonds. The fraction of sp³-hybridized carbons (Fsp3) is 0.714. The highest BCUT2D eigenvalue weighted by molar-refractivity contribution is 5.14. The summed E-state index contributed by atoms with van der Waals surface area (Å²) in [4.78, 5) is 0. The van der Waals surface area contributed by atoms with Crippen LogP contribution < -0.4 is 0 Å². The van der Waals surface area contributed by atoms with E-state index in [9.17, 15) is 0 Å². The van der Waals surface area contributed by atoms with Crippen LogP contribution in [0.2, 0.25) is 0 Å². The molecule has 2 unspecified atom stereocenters. The number of unbranched alkanes of at least 4 members (excludes halogenated alkanes) is 18. The van der Waals surface area contributed by atoms with E-state index in [0.29, 0.717) is 13.2 Å². The standard InChI is InChI=1S/C56H94O7/c1-5-9-45-57-53(58-46-10-6-2)41-33-23-19-15-13-17-21-25-35-43-55(61-49-51-37-29-27-30-38-51)63-56(62-50-52-39-31-28-32-40-52)44-36-26-22-18-14-16-20-24-34-42-54(59-47-11-7-3)60-48-12-8-4/h27-32,35-40,43-44,53-56H,5-26,33-34,41-42,45-50H2,1-4H3. The summed E-state index contributed by atoms with van der Waals surface area (Å²) in [6.45, 7) is 13.0. The maximum Gasteiger partial charge on any atom is 0.180 e. The SMILES string of the molecule is CCCCOC(CCCCCCCCCC=CC(OCc1ccccc1)OC(C=CCCCCCCCCCC(OCCCC)OCCCC)OCc1ccccc1)OCCCC. The molecule has 0 fully saturated rings. The van der Waals surface area contributed by atoms with E-state index >= 15 is 0 Å². The molecule has 0 N–H and O–H groups in total. The zero-order chi connectivity index (χ0) is 44.9. The molecule has 2 atom stereocenters. The summed E-state index contributed by atoms with van der Waals surface area (Å²) in [6, 6.07) is 20.6. The molecule has 2 aromatic rings. The van der Waals surface area contributed by atoms with Crippen molar-refractivity contribution in [2.75, 3.05) is 26.4 Å². The summed E-state index contributed by atoms with van der Waals surface area (Å²) in [5, 5.41) is 0. The summed E-state index contributed by atoms with van der Waals surface area (Å²) in [7, 11) is 0. The Balaban J connectivity index is 1.78. The number of rotatable bonds is 46. The van der Waals surface area contributed by atoms with Crippen molar-refractivity contribution < 1.29 is 33.2 Å². The second kappa shape index (κ2) is 43.5. The third-order valence-electron chi connectivity index (χ3n) is 11.2. The fourth-order valence-electron chi connectivity index (χ4n) is 7.11. The van der Waals surface area contributed by atoms with Gasteiger partial charge >= 0.3 is 0 Å². The highest BCUT2D eigenvalue weighted by Crippen LogP contribution is 2.18. The third-order valence-corrected chi connectivity index (χ3v) is 11.2. The summed E-state index contributed by atoms with van der Waals surface area (Å²) < 4.78 is 43.4. The zero-order valence-corrected chi connectivity index (χ0v) is 40.9. The third kappa shape index (κ3) is 34.6. The average Bonchev–Trinajstić information content (AvgIpc) is 3.31. The predicted octanol–water partition coefficient (Wildman–Crippen LogP) is 16.1. The molecule has 2 rings (SSSR count). The molecule has 7 heteroatoms.